The molecule has 0 aliphatic rings. The van der Waals surface area contributed by atoms with Gasteiger partial charge in [-0.05, 0) is 26.1 Å². The van der Waals surface area contributed by atoms with E-state index in [9.17, 15) is 13.2 Å². The average molecular weight is 276 g/mol. The second-order valence-electron chi connectivity index (χ2n) is 3.74. The van der Waals surface area contributed by atoms with Crippen LogP contribution in [0.3, 0.4) is 0 Å². The van der Waals surface area contributed by atoms with E-state index in [1.165, 1.54) is 6.20 Å². The minimum absolute atomic E-state index is 0.410. The minimum atomic E-state index is -4.40. The van der Waals surface area contributed by atoms with Crippen molar-refractivity contribution in [2.45, 2.75) is 19.1 Å². The maximum absolute atomic E-state index is 12.5. The van der Waals surface area contributed by atoms with Gasteiger partial charge >= 0.3 is 6.18 Å². The first-order valence-electron chi connectivity index (χ1n) is 5.18. The lowest BCUT2D eigenvalue weighted by Crippen LogP contribution is -2.15. The number of nitrogens with one attached hydrogen (secondary N) is 1. The Hall–Kier alpha value is -1.34. The van der Waals surface area contributed by atoms with E-state index in [1.807, 2.05) is 0 Å². The highest BCUT2D eigenvalue weighted by atomic mass is 32.1. The van der Waals surface area contributed by atoms with Crippen molar-refractivity contribution in [3.63, 3.8) is 0 Å². The Morgan fingerprint density at radius 1 is 1.39 bits per heavy atom. The first kappa shape index (κ1) is 13.1. The zero-order valence-corrected chi connectivity index (χ0v) is 10.5. The summed E-state index contributed by atoms with van der Waals surface area (Å²) < 4.78 is 42.9. The maximum atomic E-state index is 12.5. The van der Waals surface area contributed by atoms with Crippen LogP contribution in [0.5, 0.6) is 0 Å². The topological polar surface area (TPSA) is 38.1 Å². The second-order valence-corrected chi connectivity index (χ2v) is 4.80. The predicted molar refractivity (Wildman–Crippen MR) is 61.5 cm³/mol. The van der Waals surface area contributed by atoms with Gasteiger partial charge in [-0.2, -0.15) is 13.2 Å². The summed E-state index contributed by atoms with van der Waals surface area (Å²) in [7, 11) is 1.66. The first-order chi connectivity index (χ1) is 8.41. The number of aromatic nitrogens is 1. The van der Waals surface area contributed by atoms with Crippen molar-refractivity contribution < 1.29 is 17.6 Å². The van der Waals surface area contributed by atoms with Crippen molar-refractivity contribution in [3.05, 3.63) is 39.7 Å². The molecule has 98 valence electrons. The normalized spacial score (nSPS) is 13.8. The highest BCUT2D eigenvalue weighted by Gasteiger charge is 2.35. The lowest BCUT2D eigenvalue weighted by molar-refractivity contribution is -0.137. The summed E-state index contributed by atoms with van der Waals surface area (Å²) in [6.07, 6.45) is -3.17. The molecule has 0 saturated heterocycles. The number of hydrogen-bond donors (Lipinski definition) is 1. The van der Waals surface area contributed by atoms with Crippen LogP contribution < -0.4 is 5.32 Å². The van der Waals surface area contributed by atoms with E-state index in [0.717, 1.165) is 0 Å². The molecule has 2 aromatic heterocycles. The molecule has 7 heteroatoms. The van der Waals surface area contributed by atoms with E-state index in [-0.39, 0.29) is 0 Å². The van der Waals surface area contributed by atoms with Crippen molar-refractivity contribution in [1.82, 2.24) is 10.3 Å². The molecule has 0 radical (unpaired) electrons. The van der Waals surface area contributed by atoms with Gasteiger partial charge in [0.1, 0.15) is 17.6 Å². The molecule has 0 fully saturated rings. The van der Waals surface area contributed by atoms with E-state index in [0.29, 0.717) is 27.7 Å². The Morgan fingerprint density at radius 3 is 2.56 bits per heavy atom. The Morgan fingerprint density at radius 2 is 2.11 bits per heavy atom. The van der Waals surface area contributed by atoms with Crippen LogP contribution in [0.2, 0.25) is 0 Å². The summed E-state index contributed by atoms with van der Waals surface area (Å²) in [6.45, 7) is 1.78. The fourth-order valence-corrected chi connectivity index (χ4v) is 2.49. The number of nitrogens with zero attached hydrogens (tertiary/aromatic N) is 1. The molecule has 18 heavy (non-hydrogen) atoms. The summed E-state index contributed by atoms with van der Waals surface area (Å²) >= 11 is 0.618. The molecule has 0 saturated carbocycles. The molecule has 0 spiro atoms. The molecule has 1 N–H and O–H groups in total. The van der Waals surface area contributed by atoms with Gasteiger partial charge in [-0.15, -0.1) is 11.3 Å². The average Bonchev–Trinajstić information content (AvgIpc) is 2.88. The van der Waals surface area contributed by atoms with Gasteiger partial charge in [0.2, 0.25) is 0 Å². The van der Waals surface area contributed by atoms with Gasteiger partial charge < -0.3 is 9.73 Å². The third-order valence-electron chi connectivity index (χ3n) is 2.38. The van der Waals surface area contributed by atoms with Crippen molar-refractivity contribution >= 4 is 11.3 Å². The molecule has 1 atom stereocenters. The third-order valence-corrected chi connectivity index (χ3v) is 3.49. The third kappa shape index (κ3) is 2.56. The van der Waals surface area contributed by atoms with Gasteiger partial charge in [-0.25, -0.2) is 4.98 Å². The van der Waals surface area contributed by atoms with Gasteiger partial charge in [0.05, 0.1) is 0 Å². The zero-order valence-electron chi connectivity index (χ0n) is 9.71. The molecule has 3 nitrogen and oxygen atoms in total. The molecule has 0 aliphatic carbocycles. The Balaban J connectivity index is 2.31. The number of hydrogen-bond acceptors (Lipinski definition) is 4. The summed E-state index contributed by atoms with van der Waals surface area (Å²) in [6, 6.07) is 3.10. The Bertz CT molecular complexity index is 532. The Labute approximate surface area is 106 Å². The number of rotatable bonds is 3. The summed E-state index contributed by atoms with van der Waals surface area (Å²) in [4.78, 5) is 3.87. The van der Waals surface area contributed by atoms with Gasteiger partial charge in [0, 0.05) is 11.1 Å². The monoisotopic (exact) mass is 276 g/mol. The fourth-order valence-electron chi connectivity index (χ4n) is 1.58. The highest BCUT2D eigenvalue weighted by molar-refractivity contribution is 7.11. The van der Waals surface area contributed by atoms with E-state index in [4.69, 9.17) is 4.42 Å². The van der Waals surface area contributed by atoms with Crippen LogP contribution in [0.15, 0.2) is 22.7 Å². The smallest absolute Gasteiger partial charge is 0.443 e. The quantitative estimate of drug-likeness (QED) is 0.934. The molecule has 0 amide bonds. The molecule has 2 aromatic rings. The molecule has 0 aromatic carbocycles. The number of halogens is 3. The van der Waals surface area contributed by atoms with Crippen LogP contribution in [0.4, 0.5) is 13.2 Å². The zero-order chi connectivity index (χ0) is 13.3. The lowest BCUT2D eigenvalue weighted by atomic mass is 10.2. The minimum Gasteiger partial charge on any atom is -0.464 e. The van der Waals surface area contributed by atoms with E-state index in [2.05, 4.69) is 10.3 Å². The van der Waals surface area contributed by atoms with E-state index in [1.54, 1.807) is 26.1 Å². The second kappa shape index (κ2) is 4.74. The van der Waals surface area contributed by atoms with Crippen molar-refractivity contribution in [1.29, 1.82) is 0 Å². The van der Waals surface area contributed by atoms with E-state index >= 15 is 0 Å². The summed E-state index contributed by atoms with van der Waals surface area (Å²) in [5, 5.41) is 2.08. The molecule has 0 bridgehead atoms. The van der Waals surface area contributed by atoms with E-state index < -0.39 is 17.2 Å². The van der Waals surface area contributed by atoms with Crippen LogP contribution >= 0.6 is 11.3 Å². The summed E-state index contributed by atoms with van der Waals surface area (Å²) in [5.74, 6) is 1.29. The maximum Gasteiger partial charge on any atom is 0.443 e. The van der Waals surface area contributed by atoms with Gasteiger partial charge in [-0.1, -0.05) is 0 Å². The molecule has 2 heterocycles. The summed E-state index contributed by atoms with van der Waals surface area (Å²) in [5.41, 5.74) is 0. The van der Waals surface area contributed by atoms with Gasteiger partial charge in [0.25, 0.3) is 0 Å². The fraction of sp³-hybridized carbons (Fsp3) is 0.364. The predicted octanol–water partition coefficient (Wildman–Crippen LogP) is 3.37. The number of alkyl halides is 3. The van der Waals surface area contributed by atoms with Gasteiger partial charge in [-0.3, -0.25) is 0 Å². The molecule has 1 unspecified atom stereocenters. The van der Waals surface area contributed by atoms with Gasteiger partial charge in [0.15, 0.2) is 5.01 Å². The largest absolute Gasteiger partial charge is 0.464 e. The molecule has 0 aliphatic heterocycles. The van der Waals surface area contributed by atoms with Crippen molar-refractivity contribution in [3.8, 4) is 0 Å². The van der Waals surface area contributed by atoms with Crippen molar-refractivity contribution in [2.24, 2.45) is 0 Å². The molecular weight excluding hydrogens is 265 g/mol. The highest BCUT2D eigenvalue weighted by Crippen LogP contribution is 2.36. The molecular formula is C11H11F3N2OS. The first-order valence-corrected chi connectivity index (χ1v) is 6.00. The standard InChI is InChI=1S/C11H11F3N2OS/c1-6-3-4-7(17-6)9(15-2)8-5-16-10(18-8)11(12,13)14/h3-5,9,15H,1-2H3. The van der Waals surface area contributed by atoms with Crippen LogP contribution in [0.1, 0.15) is 27.4 Å². The number of aryl methyl sites for hydroxylation is 1. The molecule has 2 rings (SSSR count). The Kier molecular flexibility index (Phi) is 3.45. The van der Waals surface area contributed by atoms with Crippen LogP contribution in [0, 0.1) is 6.92 Å². The van der Waals surface area contributed by atoms with Crippen molar-refractivity contribution in [2.75, 3.05) is 7.05 Å². The SMILES string of the molecule is CNC(c1ccc(C)o1)c1cnc(C(F)(F)F)s1. The number of thiazole rings is 1. The van der Waals surface area contributed by atoms with Crippen LogP contribution in [-0.4, -0.2) is 12.0 Å². The van der Waals surface area contributed by atoms with Crippen LogP contribution in [0.25, 0.3) is 0 Å². The van der Waals surface area contributed by atoms with Crippen LogP contribution in [-0.2, 0) is 6.18 Å². The lowest BCUT2D eigenvalue weighted by Gasteiger charge is -2.10. The number of furan rings is 1.